The molecule has 1 saturated carbocycles. The highest BCUT2D eigenvalue weighted by atomic mass is 16.5. The van der Waals surface area contributed by atoms with Gasteiger partial charge in [-0.05, 0) is 30.5 Å². The van der Waals surface area contributed by atoms with E-state index in [9.17, 15) is 5.11 Å². The fraction of sp³-hybridized carbons (Fsp3) is 0.529. The molecule has 1 aliphatic carbocycles. The number of benzene rings is 1. The van der Waals surface area contributed by atoms with Crippen LogP contribution >= 0.6 is 0 Å². The average Bonchev–Trinajstić information content (AvgIpc) is 2.47. The zero-order valence-corrected chi connectivity index (χ0v) is 12.1. The Hall–Kier alpha value is -1.32. The molecule has 0 atom stereocenters. The molecular formula is C17H25NO2. The maximum absolute atomic E-state index is 10.4. The SMILES string of the molecule is C=CCOc1ccc(CNCC2(O)CCCCC2)cc1. The van der Waals surface area contributed by atoms with E-state index >= 15 is 0 Å². The number of rotatable bonds is 7. The van der Waals surface area contributed by atoms with Crippen molar-refractivity contribution in [3.8, 4) is 5.75 Å². The Morgan fingerprint density at radius 1 is 1.20 bits per heavy atom. The van der Waals surface area contributed by atoms with Crippen LogP contribution in [-0.4, -0.2) is 23.9 Å². The number of ether oxygens (including phenoxy) is 1. The molecule has 0 spiro atoms. The number of nitrogens with one attached hydrogen (secondary N) is 1. The molecule has 0 heterocycles. The monoisotopic (exact) mass is 275 g/mol. The smallest absolute Gasteiger partial charge is 0.119 e. The lowest BCUT2D eigenvalue weighted by molar-refractivity contribution is 0.00467. The summed E-state index contributed by atoms with van der Waals surface area (Å²) in [5.41, 5.74) is 0.709. The van der Waals surface area contributed by atoms with Crippen LogP contribution in [0.25, 0.3) is 0 Å². The lowest BCUT2D eigenvalue weighted by atomic mass is 9.85. The van der Waals surface area contributed by atoms with Crippen molar-refractivity contribution >= 4 is 0 Å². The first-order valence-electron chi connectivity index (χ1n) is 7.48. The minimum absolute atomic E-state index is 0.495. The van der Waals surface area contributed by atoms with Crippen molar-refractivity contribution in [2.45, 2.75) is 44.2 Å². The van der Waals surface area contributed by atoms with Crippen molar-refractivity contribution in [2.75, 3.05) is 13.2 Å². The predicted molar refractivity (Wildman–Crippen MR) is 81.9 cm³/mol. The van der Waals surface area contributed by atoms with Gasteiger partial charge in [0.25, 0.3) is 0 Å². The van der Waals surface area contributed by atoms with E-state index in [0.717, 1.165) is 38.0 Å². The minimum Gasteiger partial charge on any atom is -0.490 e. The fourth-order valence-corrected chi connectivity index (χ4v) is 2.68. The third-order valence-corrected chi connectivity index (χ3v) is 3.86. The summed E-state index contributed by atoms with van der Waals surface area (Å²) < 4.78 is 5.45. The van der Waals surface area contributed by atoms with Crippen LogP contribution in [0.3, 0.4) is 0 Å². The second-order valence-electron chi connectivity index (χ2n) is 5.63. The third-order valence-electron chi connectivity index (χ3n) is 3.86. The van der Waals surface area contributed by atoms with E-state index in [1.54, 1.807) is 6.08 Å². The number of aliphatic hydroxyl groups is 1. The van der Waals surface area contributed by atoms with E-state index in [1.165, 1.54) is 12.0 Å². The van der Waals surface area contributed by atoms with E-state index in [2.05, 4.69) is 24.0 Å². The van der Waals surface area contributed by atoms with Gasteiger partial charge in [-0.15, -0.1) is 0 Å². The van der Waals surface area contributed by atoms with Gasteiger partial charge in [0.05, 0.1) is 5.60 Å². The lowest BCUT2D eigenvalue weighted by Gasteiger charge is -2.32. The normalized spacial score (nSPS) is 17.6. The van der Waals surface area contributed by atoms with Gasteiger partial charge in [0, 0.05) is 13.1 Å². The first-order chi connectivity index (χ1) is 9.72. The standard InChI is InChI=1S/C17H25NO2/c1-2-12-20-16-8-6-15(7-9-16)13-18-14-17(19)10-4-3-5-11-17/h2,6-9,18-19H,1,3-5,10-14H2. The molecule has 0 radical (unpaired) electrons. The van der Waals surface area contributed by atoms with E-state index in [-0.39, 0.29) is 0 Å². The topological polar surface area (TPSA) is 41.5 Å². The van der Waals surface area contributed by atoms with Gasteiger partial charge in [0.15, 0.2) is 0 Å². The quantitative estimate of drug-likeness (QED) is 0.752. The highest BCUT2D eigenvalue weighted by Gasteiger charge is 2.28. The lowest BCUT2D eigenvalue weighted by Crippen LogP contribution is -2.41. The molecule has 3 heteroatoms. The molecule has 0 unspecified atom stereocenters. The molecule has 1 aromatic carbocycles. The molecule has 0 bridgehead atoms. The Labute approximate surface area is 121 Å². The maximum atomic E-state index is 10.4. The zero-order chi connectivity index (χ0) is 14.3. The van der Waals surface area contributed by atoms with Crippen molar-refractivity contribution < 1.29 is 9.84 Å². The maximum Gasteiger partial charge on any atom is 0.119 e. The summed E-state index contributed by atoms with van der Waals surface area (Å²) in [7, 11) is 0. The fourth-order valence-electron chi connectivity index (χ4n) is 2.68. The molecular weight excluding hydrogens is 250 g/mol. The van der Waals surface area contributed by atoms with Crippen molar-refractivity contribution in [3.63, 3.8) is 0 Å². The average molecular weight is 275 g/mol. The van der Waals surface area contributed by atoms with Crippen molar-refractivity contribution in [2.24, 2.45) is 0 Å². The molecule has 0 aliphatic heterocycles. The number of hydrogen-bond donors (Lipinski definition) is 2. The van der Waals surface area contributed by atoms with Crippen LogP contribution in [0.5, 0.6) is 5.75 Å². The molecule has 0 amide bonds. The van der Waals surface area contributed by atoms with Gasteiger partial charge in [0.1, 0.15) is 12.4 Å². The molecule has 0 aromatic heterocycles. The summed E-state index contributed by atoms with van der Waals surface area (Å²) in [6.45, 7) is 5.62. The Morgan fingerprint density at radius 2 is 1.90 bits per heavy atom. The van der Waals surface area contributed by atoms with Gasteiger partial charge in [0.2, 0.25) is 0 Å². The van der Waals surface area contributed by atoms with E-state index in [0.29, 0.717) is 13.2 Å². The largest absolute Gasteiger partial charge is 0.490 e. The van der Waals surface area contributed by atoms with Gasteiger partial charge >= 0.3 is 0 Å². The van der Waals surface area contributed by atoms with Gasteiger partial charge in [-0.2, -0.15) is 0 Å². The summed E-state index contributed by atoms with van der Waals surface area (Å²) in [4.78, 5) is 0. The summed E-state index contributed by atoms with van der Waals surface area (Å²) in [6.07, 6.45) is 7.14. The molecule has 2 N–H and O–H groups in total. The van der Waals surface area contributed by atoms with Crippen molar-refractivity contribution in [1.82, 2.24) is 5.32 Å². The van der Waals surface area contributed by atoms with Gasteiger partial charge in [-0.1, -0.05) is 44.1 Å². The van der Waals surface area contributed by atoms with Crippen LogP contribution in [-0.2, 0) is 6.54 Å². The first kappa shape index (κ1) is 15.1. The molecule has 110 valence electrons. The second-order valence-corrected chi connectivity index (χ2v) is 5.63. The van der Waals surface area contributed by atoms with E-state index < -0.39 is 5.60 Å². The van der Waals surface area contributed by atoms with E-state index in [1.807, 2.05) is 12.1 Å². The van der Waals surface area contributed by atoms with Crippen LogP contribution in [0.4, 0.5) is 0 Å². The van der Waals surface area contributed by atoms with Gasteiger partial charge in [-0.25, -0.2) is 0 Å². The molecule has 20 heavy (non-hydrogen) atoms. The van der Waals surface area contributed by atoms with Crippen LogP contribution in [0.2, 0.25) is 0 Å². The van der Waals surface area contributed by atoms with Crippen LogP contribution in [0.15, 0.2) is 36.9 Å². The molecule has 3 nitrogen and oxygen atoms in total. The summed E-state index contributed by atoms with van der Waals surface area (Å²) in [6, 6.07) is 8.04. The highest BCUT2D eigenvalue weighted by Crippen LogP contribution is 2.27. The molecule has 2 rings (SSSR count). The van der Waals surface area contributed by atoms with Gasteiger partial charge in [-0.3, -0.25) is 0 Å². The number of hydrogen-bond acceptors (Lipinski definition) is 3. The van der Waals surface area contributed by atoms with Crippen molar-refractivity contribution in [3.05, 3.63) is 42.5 Å². The van der Waals surface area contributed by atoms with Gasteiger partial charge < -0.3 is 15.2 Å². The second kappa shape index (κ2) is 7.46. The predicted octanol–water partition coefficient (Wildman–Crippen LogP) is 3.04. The highest BCUT2D eigenvalue weighted by molar-refractivity contribution is 5.27. The van der Waals surface area contributed by atoms with Crippen LogP contribution in [0, 0.1) is 0 Å². The molecule has 1 fully saturated rings. The van der Waals surface area contributed by atoms with E-state index in [4.69, 9.17) is 4.74 Å². The Morgan fingerprint density at radius 3 is 2.55 bits per heavy atom. The summed E-state index contributed by atoms with van der Waals surface area (Å²) in [5, 5.41) is 13.8. The summed E-state index contributed by atoms with van der Waals surface area (Å²) >= 11 is 0. The third kappa shape index (κ3) is 4.66. The Kier molecular flexibility index (Phi) is 5.62. The van der Waals surface area contributed by atoms with Crippen molar-refractivity contribution in [1.29, 1.82) is 0 Å². The first-order valence-corrected chi connectivity index (χ1v) is 7.48. The Bertz CT molecular complexity index is 408. The Balaban J connectivity index is 1.74. The van der Waals surface area contributed by atoms with Crippen LogP contribution in [0.1, 0.15) is 37.7 Å². The molecule has 1 aromatic rings. The zero-order valence-electron chi connectivity index (χ0n) is 12.1. The molecule has 1 aliphatic rings. The van der Waals surface area contributed by atoms with Crippen LogP contribution < -0.4 is 10.1 Å². The minimum atomic E-state index is -0.495. The summed E-state index contributed by atoms with van der Waals surface area (Å²) in [5.74, 6) is 0.861. The molecule has 0 saturated heterocycles.